The highest BCUT2D eigenvalue weighted by molar-refractivity contribution is 5.98. The minimum Gasteiger partial charge on any atom is -0.493 e. The number of methoxy groups -OCH3 is 1. The summed E-state index contributed by atoms with van der Waals surface area (Å²) < 4.78 is 10.0. The molecule has 0 bridgehead atoms. The van der Waals surface area contributed by atoms with Gasteiger partial charge in [-0.05, 0) is 18.6 Å². The molecule has 0 spiro atoms. The van der Waals surface area contributed by atoms with E-state index in [1.165, 1.54) is 7.11 Å². The van der Waals surface area contributed by atoms with E-state index >= 15 is 0 Å². The molecular formula is C12H14N2O3. The zero-order chi connectivity index (χ0) is 12.7. The molecule has 0 saturated carbocycles. The third kappa shape index (κ3) is 3.38. The van der Waals surface area contributed by atoms with Crippen LogP contribution in [-0.4, -0.2) is 19.7 Å². The van der Waals surface area contributed by atoms with Crippen molar-refractivity contribution in [3.63, 3.8) is 0 Å². The molecule has 5 heteroatoms. The van der Waals surface area contributed by atoms with Gasteiger partial charge in [-0.25, -0.2) is 4.79 Å². The van der Waals surface area contributed by atoms with Crippen molar-refractivity contribution >= 4 is 11.7 Å². The van der Waals surface area contributed by atoms with Gasteiger partial charge in [0, 0.05) is 12.1 Å². The number of nitrogens with zero attached hydrogens (tertiary/aromatic N) is 1. The molecule has 90 valence electrons. The van der Waals surface area contributed by atoms with E-state index in [4.69, 9.17) is 15.7 Å². The zero-order valence-corrected chi connectivity index (χ0v) is 9.60. The summed E-state index contributed by atoms with van der Waals surface area (Å²) >= 11 is 0. The van der Waals surface area contributed by atoms with E-state index in [2.05, 4.69) is 4.74 Å². The highest BCUT2D eigenvalue weighted by Gasteiger charge is 2.16. The second-order valence-electron chi connectivity index (χ2n) is 3.32. The highest BCUT2D eigenvalue weighted by Crippen LogP contribution is 2.25. The van der Waals surface area contributed by atoms with E-state index in [-0.39, 0.29) is 5.56 Å². The number of esters is 1. The maximum Gasteiger partial charge on any atom is 0.343 e. The van der Waals surface area contributed by atoms with Crippen molar-refractivity contribution in [3.05, 3.63) is 23.8 Å². The van der Waals surface area contributed by atoms with Gasteiger partial charge in [0.1, 0.15) is 11.3 Å². The lowest BCUT2D eigenvalue weighted by atomic mass is 10.1. The molecule has 0 aromatic heterocycles. The van der Waals surface area contributed by atoms with Gasteiger partial charge in [0.15, 0.2) is 0 Å². The van der Waals surface area contributed by atoms with Crippen LogP contribution in [0.1, 0.15) is 23.2 Å². The maximum atomic E-state index is 11.5. The van der Waals surface area contributed by atoms with E-state index in [0.29, 0.717) is 30.9 Å². The van der Waals surface area contributed by atoms with Crippen LogP contribution < -0.4 is 10.5 Å². The number of carbonyl (C=O) groups excluding carboxylic acids is 1. The number of hydrogen-bond acceptors (Lipinski definition) is 5. The lowest BCUT2D eigenvalue weighted by Gasteiger charge is -2.11. The Morgan fingerprint density at radius 2 is 2.29 bits per heavy atom. The van der Waals surface area contributed by atoms with Gasteiger partial charge in [-0.3, -0.25) is 0 Å². The van der Waals surface area contributed by atoms with E-state index in [1.54, 1.807) is 18.2 Å². The Morgan fingerprint density at radius 3 is 2.94 bits per heavy atom. The van der Waals surface area contributed by atoms with Gasteiger partial charge in [-0.15, -0.1) is 0 Å². The molecule has 2 N–H and O–H groups in total. The molecule has 1 aromatic rings. The molecule has 17 heavy (non-hydrogen) atoms. The van der Waals surface area contributed by atoms with Gasteiger partial charge >= 0.3 is 5.97 Å². The number of ether oxygens (including phenoxy) is 2. The van der Waals surface area contributed by atoms with Crippen LogP contribution in [0.3, 0.4) is 0 Å². The molecule has 0 aliphatic heterocycles. The summed E-state index contributed by atoms with van der Waals surface area (Å²) in [5.74, 6) is -0.145. The number of benzene rings is 1. The van der Waals surface area contributed by atoms with Crippen molar-refractivity contribution in [2.45, 2.75) is 12.8 Å². The number of hydrogen-bond donors (Lipinski definition) is 1. The van der Waals surface area contributed by atoms with Crippen molar-refractivity contribution in [3.8, 4) is 11.8 Å². The number of nitriles is 1. The number of carbonyl (C=O) groups is 1. The van der Waals surface area contributed by atoms with Crippen LogP contribution in [0.5, 0.6) is 5.75 Å². The molecule has 0 aliphatic rings. The van der Waals surface area contributed by atoms with Crippen LogP contribution in [0.15, 0.2) is 18.2 Å². The van der Waals surface area contributed by atoms with Crippen LogP contribution in [0.2, 0.25) is 0 Å². The number of nitrogens with two attached hydrogens (primary N) is 1. The first kappa shape index (κ1) is 12.8. The van der Waals surface area contributed by atoms with Gasteiger partial charge < -0.3 is 15.2 Å². The van der Waals surface area contributed by atoms with Gasteiger partial charge in [-0.1, -0.05) is 6.07 Å². The van der Waals surface area contributed by atoms with Crippen molar-refractivity contribution in [1.29, 1.82) is 5.26 Å². The summed E-state index contributed by atoms with van der Waals surface area (Å²) in [6, 6.07) is 6.97. The van der Waals surface area contributed by atoms with Crippen LogP contribution in [0, 0.1) is 11.3 Å². The molecule has 5 nitrogen and oxygen atoms in total. The maximum absolute atomic E-state index is 11.5. The minimum atomic E-state index is -0.529. The van der Waals surface area contributed by atoms with Crippen LogP contribution >= 0.6 is 0 Å². The Kier molecular flexibility index (Phi) is 4.82. The van der Waals surface area contributed by atoms with E-state index in [0.717, 1.165) is 0 Å². The monoisotopic (exact) mass is 234 g/mol. The van der Waals surface area contributed by atoms with Crippen molar-refractivity contribution in [2.75, 3.05) is 19.5 Å². The summed E-state index contributed by atoms with van der Waals surface area (Å²) in [5.41, 5.74) is 6.24. The average molecular weight is 234 g/mol. The Hall–Kier alpha value is -2.22. The molecule has 0 aliphatic carbocycles. The molecule has 0 heterocycles. The molecule has 0 saturated heterocycles. The molecular weight excluding hydrogens is 220 g/mol. The van der Waals surface area contributed by atoms with Gasteiger partial charge in [-0.2, -0.15) is 5.26 Å². The summed E-state index contributed by atoms with van der Waals surface area (Å²) in [5, 5.41) is 8.39. The topological polar surface area (TPSA) is 85.3 Å². The van der Waals surface area contributed by atoms with Crippen LogP contribution in [0.25, 0.3) is 0 Å². The van der Waals surface area contributed by atoms with Gasteiger partial charge in [0.05, 0.1) is 19.8 Å². The summed E-state index contributed by atoms with van der Waals surface area (Å²) in [6.45, 7) is 0.362. The van der Waals surface area contributed by atoms with E-state index < -0.39 is 5.97 Å². The fourth-order valence-corrected chi connectivity index (χ4v) is 1.32. The van der Waals surface area contributed by atoms with Gasteiger partial charge in [0.2, 0.25) is 0 Å². The summed E-state index contributed by atoms with van der Waals surface area (Å²) in [6.07, 6.45) is 1.02. The molecule has 0 atom stereocenters. The summed E-state index contributed by atoms with van der Waals surface area (Å²) in [7, 11) is 1.29. The zero-order valence-electron chi connectivity index (χ0n) is 9.60. The lowest BCUT2D eigenvalue weighted by molar-refractivity contribution is 0.0597. The molecule has 0 fully saturated rings. The largest absolute Gasteiger partial charge is 0.493 e. The minimum absolute atomic E-state index is 0.229. The Balaban J connectivity index is 2.81. The van der Waals surface area contributed by atoms with Crippen molar-refractivity contribution in [1.82, 2.24) is 0 Å². The number of unbranched alkanes of at least 4 members (excludes halogenated alkanes) is 1. The highest BCUT2D eigenvalue weighted by atomic mass is 16.5. The molecule has 1 aromatic carbocycles. The second-order valence-corrected chi connectivity index (χ2v) is 3.32. The first-order valence-electron chi connectivity index (χ1n) is 5.17. The summed E-state index contributed by atoms with van der Waals surface area (Å²) in [4.78, 5) is 11.5. The number of anilines is 1. The fourth-order valence-electron chi connectivity index (χ4n) is 1.32. The van der Waals surface area contributed by atoms with Gasteiger partial charge in [0.25, 0.3) is 0 Å². The third-order valence-corrected chi connectivity index (χ3v) is 2.14. The molecule has 0 amide bonds. The molecule has 0 radical (unpaired) electrons. The van der Waals surface area contributed by atoms with E-state index in [9.17, 15) is 4.79 Å². The van der Waals surface area contributed by atoms with Crippen molar-refractivity contribution < 1.29 is 14.3 Å². The standard InChI is InChI=1S/C12H14N2O3/c1-16-12(15)11-9(14)5-4-6-10(11)17-8-3-2-7-13/h4-6H,2-3,8,14H2,1H3. The number of nitrogen functional groups attached to an aromatic ring is 1. The molecule has 0 unspecified atom stereocenters. The lowest BCUT2D eigenvalue weighted by Crippen LogP contribution is -2.09. The predicted octanol–water partition coefficient (Wildman–Crippen LogP) is 1.74. The third-order valence-electron chi connectivity index (χ3n) is 2.14. The Bertz CT molecular complexity index is 438. The SMILES string of the molecule is COC(=O)c1c(N)cccc1OCCCC#N. The first-order valence-corrected chi connectivity index (χ1v) is 5.17. The molecule has 1 rings (SSSR count). The van der Waals surface area contributed by atoms with Crippen molar-refractivity contribution in [2.24, 2.45) is 0 Å². The number of rotatable bonds is 5. The Labute approximate surface area is 99.7 Å². The predicted molar refractivity (Wildman–Crippen MR) is 62.5 cm³/mol. The quantitative estimate of drug-likeness (QED) is 0.476. The first-order chi connectivity index (χ1) is 8.20. The van der Waals surface area contributed by atoms with E-state index in [1.807, 2.05) is 6.07 Å². The van der Waals surface area contributed by atoms with Crippen LogP contribution in [0.4, 0.5) is 5.69 Å². The Morgan fingerprint density at radius 1 is 1.53 bits per heavy atom. The van der Waals surface area contributed by atoms with Crippen LogP contribution in [-0.2, 0) is 4.74 Å². The average Bonchev–Trinajstić information content (AvgIpc) is 2.34. The fraction of sp³-hybridized carbons (Fsp3) is 0.333. The second kappa shape index (κ2) is 6.38. The smallest absolute Gasteiger partial charge is 0.343 e. The normalized spacial score (nSPS) is 9.41.